The second-order valence-electron chi connectivity index (χ2n) is 4.78. The number of nitro groups is 1. The molecule has 2 rings (SSSR count). The normalized spacial score (nSPS) is 16.9. The molecule has 0 aliphatic carbocycles. The molecule has 0 saturated carbocycles. The molecule has 0 bridgehead atoms. The summed E-state index contributed by atoms with van der Waals surface area (Å²) < 4.78 is 10.1. The van der Waals surface area contributed by atoms with Crippen LogP contribution in [0.3, 0.4) is 0 Å². The number of carbonyl (C=O) groups is 1. The molecular weight excluding hydrogens is 314 g/mol. The monoisotopic (exact) mass is 331 g/mol. The van der Waals surface area contributed by atoms with Crippen LogP contribution in [0, 0.1) is 10.1 Å². The van der Waals surface area contributed by atoms with Crippen molar-refractivity contribution in [3.05, 3.63) is 27.8 Å². The standard InChI is InChI=1S/C13H17N3O5.ClH/c1-20-11-5-9(10(16(18)19)6-12(11)21-2)13(17)15-4-3-8(14)7-15;/h5-6,8H,3-4,7,14H2,1-2H3;1H/t8-;/m1./s1. The highest BCUT2D eigenvalue weighted by atomic mass is 35.5. The molecule has 0 spiro atoms. The zero-order valence-corrected chi connectivity index (χ0v) is 13.1. The summed E-state index contributed by atoms with van der Waals surface area (Å²) in [5, 5.41) is 11.2. The van der Waals surface area contributed by atoms with Gasteiger partial charge in [0.05, 0.1) is 25.2 Å². The van der Waals surface area contributed by atoms with Crippen molar-refractivity contribution < 1.29 is 19.2 Å². The van der Waals surface area contributed by atoms with Gasteiger partial charge >= 0.3 is 0 Å². The maximum absolute atomic E-state index is 12.5. The van der Waals surface area contributed by atoms with Crippen molar-refractivity contribution in [1.29, 1.82) is 0 Å². The molecule has 2 N–H and O–H groups in total. The molecule has 1 aromatic carbocycles. The van der Waals surface area contributed by atoms with Gasteiger partial charge in [0, 0.05) is 25.2 Å². The molecule has 9 heteroatoms. The fourth-order valence-electron chi connectivity index (χ4n) is 2.33. The summed E-state index contributed by atoms with van der Waals surface area (Å²) in [7, 11) is 2.78. The molecule has 1 aliphatic heterocycles. The highest BCUT2D eigenvalue weighted by Crippen LogP contribution is 2.35. The molecule has 1 aliphatic rings. The molecule has 122 valence electrons. The number of rotatable bonds is 4. The summed E-state index contributed by atoms with van der Waals surface area (Å²) in [6.45, 7) is 0.885. The van der Waals surface area contributed by atoms with Gasteiger partial charge in [0.2, 0.25) is 0 Å². The smallest absolute Gasteiger partial charge is 0.286 e. The van der Waals surface area contributed by atoms with E-state index in [2.05, 4.69) is 0 Å². The number of halogens is 1. The van der Waals surface area contributed by atoms with Crippen LogP contribution in [0.5, 0.6) is 11.5 Å². The number of likely N-dealkylation sites (tertiary alicyclic amines) is 1. The van der Waals surface area contributed by atoms with Crippen molar-refractivity contribution in [3.8, 4) is 11.5 Å². The first-order valence-corrected chi connectivity index (χ1v) is 6.43. The first-order chi connectivity index (χ1) is 9.97. The number of benzene rings is 1. The highest BCUT2D eigenvalue weighted by molar-refractivity contribution is 5.99. The molecule has 1 fully saturated rings. The van der Waals surface area contributed by atoms with Gasteiger partial charge < -0.3 is 20.1 Å². The Labute approximate surface area is 133 Å². The van der Waals surface area contributed by atoms with Crippen LogP contribution < -0.4 is 15.2 Å². The number of hydrogen-bond acceptors (Lipinski definition) is 6. The predicted octanol–water partition coefficient (Wildman–Crippen LogP) is 1.21. The maximum Gasteiger partial charge on any atom is 0.286 e. The molecule has 8 nitrogen and oxygen atoms in total. The topological polar surface area (TPSA) is 108 Å². The summed E-state index contributed by atoms with van der Waals surface area (Å²) >= 11 is 0. The molecule has 1 amide bonds. The third-order valence-corrected chi connectivity index (χ3v) is 3.44. The van der Waals surface area contributed by atoms with Gasteiger partial charge in [-0.2, -0.15) is 0 Å². The van der Waals surface area contributed by atoms with E-state index in [1.807, 2.05) is 0 Å². The lowest BCUT2D eigenvalue weighted by Gasteiger charge is -2.17. The van der Waals surface area contributed by atoms with Crippen LogP contribution in [-0.4, -0.2) is 49.1 Å². The van der Waals surface area contributed by atoms with Gasteiger partial charge in [-0.3, -0.25) is 14.9 Å². The zero-order chi connectivity index (χ0) is 15.6. The largest absolute Gasteiger partial charge is 0.493 e. The average Bonchev–Trinajstić information content (AvgIpc) is 2.91. The number of nitrogens with two attached hydrogens (primary N) is 1. The zero-order valence-electron chi connectivity index (χ0n) is 12.3. The van der Waals surface area contributed by atoms with Crippen LogP contribution in [0.15, 0.2) is 12.1 Å². The SMILES string of the molecule is COc1cc(C(=O)N2CC[C@@H](N)C2)c([N+](=O)[O-])cc1OC.Cl. The molecule has 1 atom stereocenters. The van der Waals surface area contributed by atoms with E-state index in [1.165, 1.54) is 31.3 Å². The summed E-state index contributed by atoms with van der Waals surface area (Å²) in [6, 6.07) is 2.44. The maximum atomic E-state index is 12.5. The van der Waals surface area contributed by atoms with Crippen LogP contribution in [-0.2, 0) is 0 Å². The van der Waals surface area contributed by atoms with E-state index in [4.69, 9.17) is 15.2 Å². The third-order valence-electron chi connectivity index (χ3n) is 3.44. The van der Waals surface area contributed by atoms with Gasteiger partial charge in [-0.25, -0.2) is 0 Å². The summed E-state index contributed by atoms with van der Waals surface area (Å²) in [4.78, 5) is 24.5. The van der Waals surface area contributed by atoms with Crippen molar-refractivity contribution in [3.63, 3.8) is 0 Å². The van der Waals surface area contributed by atoms with Crippen LogP contribution in [0.1, 0.15) is 16.8 Å². The summed E-state index contributed by atoms with van der Waals surface area (Å²) in [6.07, 6.45) is 0.687. The lowest BCUT2D eigenvalue weighted by atomic mass is 10.1. The van der Waals surface area contributed by atoms with E-state index < -0.39 is 10.8 Å². The van der Waals surface area contributed by atoms with Crippen molar-refractivity contribution in [2.24, 2.45) is 5.73 Å². The lowest BCUT2D eigenvalue weighted by molar-refractivity contribution is -0.385. The number of amides is 1. The molecule has 22 heavy (non-hydrogen) atoms. The quantitative estimate of drug-likeness (QED) is 0.656. The minimum absolute atomic E-state index is 0. The van der Waals surface area contributed by atoms with Crippen LogP contribution in [0.4, 0.5) is 5.69 Å². The minimum atomic E-state index is -0.606. The fraction of sp³-hybridized carbons (Fsp3) is 0.462. The van der Waals surface area contributed by atoms with Gasteiger partial charge in [0.25, 0.3) is 11.6 Å². The van der Waals surface area contributed by atoms with E-state index in [0.717, 1.165) is 0 Å². The van der Waals surface area contributed by atoms with Crippen LogP contribution in [0.25, 0.3) is 0 Å². The van der Waals surface area contributed by atoms with Gasteiger partial charge in [-0.15, -0.1) is 12.4 Å². The second-order valence-corrected chi connectivity index (χ2v) is 4.78. The van der Waals surface area contributed by atoms with Crippen molar-refractivity contribution >= 4 is 24.0 Å². The number of methoxy groups -OCH3 is 2. The summed E-state index contributed by atoms with van der Waals surface area (Å²) in [5.41, 5.74) is 5.44. The number of hydrogen-bond donors (Lipinski definition) is 1. The molecule has 0 unspecified atom stereocenters. The van der Waals surface area contributed by atoms with E-state index in [0.29, 0.717) is 19.5 Å². The van der Waals surface area contributed by atoms with Gasteiger partial charge in [-0.1, -0.05) is 0 Å². The van der Waals surface area contributed by atoms with Gasteiger partial charge in [0.1, 0.15) is 5.56 Å². The van der Waals surface area contributed by atoms with Gasteiger partial charge in [0.15, 0.2) is 11.5 Å². The number of nitrogens with zero attached hydrogens (tertiary/aromatic N) is 2. The first-order valence-electron chi connectivity index (χ1n) is 6.43. The summed E-state index contributed by atoms with van der Waals surface area (Å²) in [5.74, 6) is 0.0596. The Hall–Kier alpha value is -2.06. The van der Waals surface area contributed by atoms with Crippen LogP contribution >= 0.6 is 12.4 Å². The Morgan fingerprint density at radius 2 is 1.95 bits per heavy atom. The predicted molar refractivity (Wildman–Crippen MR) is 81.9 cm³/mol. The van der Waals surface area contributed by atoms with Crippen molar-refractivity contribution in [1.82, 2.24) is 4.90 Å². The Balaban J connectivity index is 0.00000242. The second kappa shape index (κ2) is 7.28. The minimum Gasteiger partial charge on any atom is -0.493 e. The van der Waals surface area contributed by atoms with E-state index >= 15 is 0 Å². The molecule has 1 saturated heterocycles. The Morgan fingerprint density at radius 1 is 1.36 bits per heavy atom. The third kappa shape index (κ3) is 3.40. The Kier molecular flexibility index (Phi) is 5.95. The van der Waals surface area contributed by atoms with Crippen LogP contribution in [0.2, 0.25) is 0 Å². The van der Waals surface area contributed by atoms with Crippen molar-refractivity contribution in [2.45, 2.75) is 12.5 Å². The lowest BCUT2D eigenvalue weighted by Crippen LogP contribution is -2.32. The average molecular weight is 332 g/mol. The molecule has 1 heterocycles. The van der Waals surface area contributed by atoms with E-state index in [1.54, 1.807) is 0 Å². The number of ether oxygens (including phenoxy) is 2. The molecule has 1 aromatic rings. The van der Waals surface area contributed by atoms with Crippen molar-refractivity contribution in [2.75, 3.05) is 27.3 Å². The van der Waals surface area contributed by atoms with E-state index in [-0.39, 0.29) is 41.2 Å². The molecule has 0 radical (unpaired) electrons. The number of carbonyl (C=O) groups excluding carboxylic acids is 1. The Bertz CT molecular complexity index is 581. The Morgan fingerprint density at radius 3 is 2.41 bits per heavy atom. The van der Waals surface area contributed by atoms with E-state index in [9.17, 15) is 14.9 Å². The fourth-order valence-corrected chi connectivity index (χ4v) is 2.33. The van der Waals surface area contributed by atoms with Gasteiger partial charge in [-0.05, 0) is 6.42 Å². The molecule has 0 aromatic heterocycles. The number of nitro benzene ring substituents is 1. The first kappa shape index (κ1) is 18.0. The molecular formula is C13H18ClN3O5. The highest BCUT2D eigenvalue weighted by Gasteiger charge is 2.31.